The molecule has 1 aromatic carbocycles. The number of rotatable bonds is 1. The van der Waals surface area contributed by atoms with Gasteiger partial charge in [0.05, 0.1) is 0 Å². The summed E-state index contributed by atoms with van der Waals surface area (Å²) in [5, 5.41) is 3.22. The Morgan fingerprint density at radius 3 is 2.00 bits per heavy atom. The van der Waals surface area contributed by atoms with Gasteiger partial charge in [0.1, 0.15) is 0 Å². The van der Waals surface area contributed by atoms with Crippen molar-refractivity contribution < 1.29 is 4.79 Å². The van der Waals surface area contributed by atoms with Gasteiger partial charge >= 0.3 is 0 Å². The maximum Gasteiger partial charge on any atom is 0.248 e. The number of nitrogens with one attached hydrogen (secondary N) is 1. The molecule has 0 bridgehead atoms. The first-order valence-electron chi connectivity index (χ1n) is 4.86. The zero-order valence-corrected chi connectivity index (χ0v) is 8.20. The van der Waals surface area contributed by atoms with Gasteiger partial charge in [-0.1, -0.05) is 18.2 Å². The maximum absolute atomic E-state index is 10.4. The van der Waals surface area contributed by atoms with Crippen molar-refractivity contribution in [3.63, 3.8) is 0 Å². The van der Waals surface area contributed by atoms with Crippen molar-refractivity contribution >= 4 is 5.91 Å². The lowest BCUT2D eigenvalue weighted by atomic mass is 10.2. The van der Waals surface area contributed by atoms with Crippen LogP contribution in [0.15, 0.2) is 30.3 Å². The highest BCUT2D eigenvalue weighted by Crippen LogP contribution is 1.94. The summed E-state index contributed by atoms with van der Waals surface area (Å²) in [4.78, 5) is 10.4. The zero-order chi connectivity index (χ0) is 10.2. The van der Waals surface area contributed by atoms with Crippen LogP contribution in [0.2, 0.25) is 0 Å². The number of benzene rings is 1. The number of carbonyl (C=O) groups excluding carboxylic acids is 1. The van der Waals surface area contributed by atoms with Gasteiger partial charge in [-0.25, -0.2) is 0 Å². The van der Waals surface area contributed by atoms with Gasteiger partial charge in [-0.15, -0.1) is 0 Å². The van der Waals surface area contributed by atoms with Crippen LogP contribution >= 0.6 is 0 Å². The molecule has 3 N–H and O–H groups in total. The molecule has 1 aliphatic rings. The summed E-state index contributed by atoms with van der Waals surface area (Å²) in [6, 6.07) is 8.76. The molecule has 2 rings (SSSR count). The molecular weight excluding hydrogens is 176 g/mol. The zero-order valence-electron chi connectivity index (χ0n) is 8.20. The molecule has 1 aromatic rings. The van der Waals surface area contributed by atoms with Gasteiger partial charge in [0, 0.05) is 5.56 Å². The molecule has 3 nitrogen and oxygen atoms in total. The topological polar surface area (TPSA) is 55.1 Å². The van der Waals surface area contributed by atoms with Crippen molar-refractivity contribution in [1.82, 2.24) is 5.32 Å². The van der Waals surface area contributed by atoms with E-state index in [0.717, 1.165) is 0 Å². The van der Waals surface area contributed by atoms with Crippen molar-refractivity contribution in [2.45, 2.75) is 12.8 Å². The second kappa shape index (κ2) is 6.16. The number of carbonyl (C=O) groups is 1. The predicted octanol–water partition coefficient (Wildman–Crippen LogP) is 1.16. The van der Waals surface area contributed by atoms with Gasteiger partial charge in [-0.3, -0.25) is 4.79 Å². The summed E-state index contributed by atoms with van der Waals surface area (Å²) in [6.45, 7) is 2.50. The molecular formula is C11H16N2O. The van der Waals surface area contributed by atoms with E-state index >= 15 is 0 Å². The van der Waals surface area contributed by atoms with Crippen molar-refractivity contribution in [2.75, 3.05) is 13.1 Å². The Morgan fingerprint density at radius 1 is 1.14 bits per heavy atom. The molecule has 0 radical (unpaired) electrons. The fraction of sp³-hybridized carbons (Fsp3) is 0.364. The molecule has 3 heteroatoms. The highest BCUT2D eigenvalue weighted by atomic mass is 16.1. The number of hydrogen-bond acceptors (Lipinski definition) is 2. The summed E-state index contributed by atoms with van der Waals surface area (Å²) in [5.41, 5.74) is 5.53. The summed E-state index contributed by atoms with van der Waals surface area (Å²) in [7, 11) is 0. The average Bonchev–Trinajstić information content (AvgIpc) is 2.77. The number of amides is 1. The van der Waals surface area contributed by atoms with Crippen molar-refractivity contribution in [1.29, 1.82) is 0 Å². The van der Waals surface area contributed by atoms with E-state index in [-0.39, 0.29) is 5.91 Å². The van der Waals surface area contributed by atoms with Crippen molar-refractivity contribution in [2.24, 2.45) is 5.73 Å². The molecule has 0 unspecified atom stereocenters. The lowest BCUT2D eigenvalue weighted by molar-refractivity contribution is 0.100. The third-order valence-corrected chi connectivity index (χ3v) is 2.02. The van der Waals surface area contributed by atoms with Crippen molar-refractivity contribution in [3.05, 3.63) is 35.9 Å². The Morgan fingerprint density at radius 2 is 1.71 bits per heavy atom. The van der Waals surface area contributed by atoms with E-state index in [1.165, 1.54) is 25.9 Å². The number of primary amides is 1. The number of nitrogens with two attached hydrogens (primary N) is 1. The maximum atomic E-state index is 10.4. The van der Waals surface area contributed by atoms with Crippen LogP contribution in [0.3, 0.4) is 0 Å². The van der Waals surface area contributed by atoms with Gasteiger partial charge < -0.3 is 11.1 Å². The van der Waals surface area contributed by atoms with Crippen LogP contribution in [0.25, 0.3) is 0 Å². The quantitative estimate of drug-likeness (QED) is 0.701. The van der Waals surface area contributed by atoms with E-state index in [1.54, 1.807) is 24.3 Å². The van der Waals surface area contributed by atoms with Crippen LogP contribution in [-0.4, -0.2) is 19.0 Å². The predicted molar refractivity (Wildman–Crippen MR) is 57.1 cm³/mol. The molecule has 0 aromatic heterocycles. The minimum absolute atomic E-state index is 0.379. The number of hydrogen-bond donors (Lipinski definition) is 2. The minimum Gasteiger partial charge on any atom is -0.366 e. The Kier molecular flexibility index (Phi) is 4.72. The van der Waals surface area contributed by atoms with E-state index in [2.05, 4.69) is 5.32 Å². The highest BCUT2D eigenvalue weighted by molar-refractivity contribution is 5.92. The Bertz CT molecular complexity index is 260. The van der Waals surface area contributed by atoms with Crippen LogP contribution in [0.4, 0.5) is 0 Å². The van der Waals surface area contributed by atoms with Gasteiger partial charge in [0.2, 0.25) is 5.91 Å². The molecule has 0 atom stereocenters. The molecule has 0 aliphatic carbocycles. The first-order valence-corrected chi connectivity index (χ1v) is 4.86. The first kappa shape index (κ1) is 10.7. The summed E-state index contributed by atoms with van der Waals surface area (Å²) in [6.07, 6.45) is 2.78. The molecule has 1 fully saturated rings. The summed E-state index contributed by atoms with van der Waals surface area (Å²) >= 11 is 0. The summed E-state index contributed by atoms with van der Waals surface area (Å²) < 4.78 is 0. The van der Waals surface area contributed by atoms with Gasteiger partial charge in [-0.05, 0) is 38.1 Å². The van der Waals surface area contributed by atoms with E-state index in [4.69, 9.17) is 5.73 Å². The van der Waals surface area contributed by atoms with E-state index in [9.17, 15) is 4.79 Å². The molecule has 0 spiro atoms. The first-order chi connectivity index (χ1) is 6.80. The minimum atomic E-state index is -0.379. The molecule has 14 heavy (non-hydrogen) atoms. The van der Waals surface area contributed by atoms with Gasteiger partial charge in [0.15, 0.2) is 0 Å². The van der Waals surface area contributed by atoms with Gasteiger partial charge in [0.25, 0.3) is 0 Å². The van der Waals surface area contributed by atoms with Crippen LogP contribution in [0, 0.1) is 0 Å². The van der Waals surface area contributed by atoms with E-state index in [1.807, 2.05) is 6.07 Å². The molecule has 1 aliphatic heterocycles. The molecule has 1 saturated heterocycles. The Hall–Kier alpha value is -1.35. The molecule has 76 valence electrons. The van der Waals surface area contributed by atoms with Crippen LogP contribution < -0.4 is 11.1 Å². The van der Waals surface area contributed by atoms with E-state index in [0.29, 0.717) is 5.56 Å². The smallest absolute Gasteiger partial charge is 0.248 e. The molecule has 1 amide bonds. The van der Waals surface area contributed by atoms with Crippen LogP contribution in [-0.2, 0) is 0 Å². The lowest BCUT2D eigenvalue weighted by Crippen LogP contribution is -2.09. The second-order valence-electron chi connectivity index (χ2n) is 3.19. The third-order valence-electron chi connectivity index (χ3n) is 2.02. The summed E-state index contributed by atoms with van der Waals surface area (Å²) in [5.74, 6) is -0.379. The normalized spacial score (nSPS) is 14.3. The fourth-order valence-corrected chi connectivity index (χ4v) is 1.23. The van der Waals surface area contributed by atoms with Crippen molar-refractivity contribution in [3.8, 4) is 0 Å². The average molecular weight is 192 g/mol. The third kappa shape index (κ3) is 4.05. The largest absolute Gasteiger partial charge is 0.366 e. The monoisotopic (exact) mass is 192 g/mol. The second-order valence-corrected chi connectivity index (χ2v) is 3.19. The highest BCUT2D eigenvalue weighted by Gasteiger charge is 1.94. The fourth-order valence-electron chi connectivity index (χ4n) is 1.23. The van der Waals surface area contributed by atoms with Crippen LogP contribution in [0.5, 0.6) is 0 Å². The van der Waals surface area contributed by atoms with Gasteiger partial charge in [-0.2, -0.15) is 0 Å². The Balaban J connectivity index is 0.000000165. The Labute approximate surface area is 84.3 Å². The SMILES string of the molecule is C1CCNC1.NC(=O)c1ccccc1. The molecule has 1 heterocycles. The van der Waals surface area contributed by atoms with E-state index < -0.39 is 0 Å². The lowest BCUT2D eigenvalue weighted by Gasteiger charge is -1.89. The molecule has 0 saturated carbocycles. The van der Waals surface area contributed by atoms with Crippen LogP contribution in [0.1, 0.15) is 23.2 Å². The standard InChI is InChI=1S/C7H7NO.C4H9N/c8-7(9)6-4-2-1-3-5-6;1-2-4-5-3-1/h1-5H,(H2,8,9);5H,1-4H2.